The second-order valence-electron chi connectivity index (χ2n) is 5.98. The summed E-state index contributed by atoms with van der Waals surface area (Å²) in [5.74, 6) is 0.0310. The van der Waals surface area contributed by atoms with Crippen molar-refractivity contribution in [2.75, 3.05) is 39.1 Å². The molecule has 3 heterocycles. The van der Waals surface area contributed by atoms with Gasteiger partial charge in [0.2, 0.25) is 10.0 Å². The Morgan fingerprint density at radius 2 is 2.36 bits per heavy atom. The van der Waals surface area contributed by atoms with E-state index in [1.165, 1.54) is 12.4 Å². The van der Waals surface area contributed by atoms with Gasteiger partial charge in [-0.2, -0.15) is 10.2 Å². The van der Waals surface area contributed by atoms with Crippen molar-refractivity contribution in [3.8, 4) is 0 Å². The molecular formula is C13H18N4O4S. The standard InChI is InChI=1S/C13H18N4O4S/c1-22(19,20)16-7-13-8-17(5-11(13)6-21-9-13)12(18)10-2-3-14-15-4-10/h2-4,11,16H,5-9H2,1H3/t11-,13+/m1/s1. The van der Waals surface area contributed by atoms with Crippen LogP contribution in [-0.2, 0) is 14.8 Å². The summed E-state index contributed by atoms with van der Waals surface area (Å²) in [5.41, 5.74) is 0.140. The molecule has 8 nitrogen and oxygen atoms in total. The molecule has 0 bridgehead atoms. The molecule has 0 aromatic carbocycles. The van der Waals surface area contributed by atoms with Crippen LogP contribution < -0.4 is 4.72 Å². The largest absolute Gasteiger partial charge is 0.380 e. The van der Waals surface area contributed by atoms with Crippen LogP contribution in [0.3, 0.4) is 0 Å². The number of carbonyl (C=O) groups is 1. The number of nitrogens with one attached hydrogen (secondary N) is 1. The van der Waals surface area contributed by atoms with Crippen molar-refractivity contribution in [3.63, 3.8) is 0 Å². The van der Waals surface area contributed by atoms with Crippen LogP contribution in [0.4, 0.5) is 0 Å². The molecule has 3 rings (SSSR count). The van der Waals surface area contributed by atoms with Gasteiger partial charge >= 0.3 is 0 Å². The van der Waals surface area contributed by atoms with Crippen LogP contribution in [0.5, 0.6) is 0 Å². The Labute approximate surface area is 128 Å². The first kappa shape index (κ1) is 15.3. The van der Waals surface area contributed by atoms with Crippen LogP contribution in [0.15, 0.2) is 18.5 Å². The summed E-state index contributed by atoms with van der Waals surface area (Å²) in [6.45, 7) is 2.32. The van der Waals surface area contributed by atoms with Crippen LogP contribution in [-0.4, -0.2) is 68.5 Å². The third-order valence-corrected chi connectivity index (χ3v) is 4.99. The molecule has 2 aliphatic rings. The minimum atomic E-state index is -3.27. The lowest BCUT2D eigenvalue weighted by Gasteiger charge is -2.26. The van der Waals surface area contributed by atoms with Gasteiger partial charge < -0.3 is 9.64 Å². The Morgan fingerprint density at radius 1 is 1.55 bits per heavy atom. The zero-order valence-electron chi connectivity index (χ0n) is 12.2. The van der Waals surface area contributed by atoms with Crippen LogP contribution in [0.25, 0.3) is 0 Å². The average molecular weight is 326 g/mol. The molecular weight excluding hydrogens is 308 g/mol. The van der Waals surface area contributed by atoms with E-state index in [-0.39, 0.29) is 23.8 Å². The minimum Gasteiger partial charge on any atom is -0.380 e. The van der Waals surface area contributed by atoms with Crippen molar-refractivity contribution >= 4 is 15.9 Å². The lowest BCUT2D eigenvalue weighted by molar-refractivity contribution is 0.0721. The second kappa shape index (κ2) is 5.56. The summed E-state index contributed by atoms with van der Waals surface area (Å²) < 4.78 is 30.8. The zero-order valence-corrected chi connectivity index (χ0v) is 13.0. The van der Waals surface area contributed by atoms with Crippen LogP contribution in [0.2, 0.25) is 0 Å². The van der Waals surface area contributed by atoms with E-state index in [9.17, 15) is 13.2 Å². The fourth-order valence-electron chi connectivity index (χ4n) is 3.11. The van der Waals surface area contributed by atoms with Gasteiger partial charge in [0.25, 0.3) is 5.91 Å². The number of nitrogens with zero attached hydrogens (tertiary/aromatic N) is 3. The van der Waals surface area contributed by atoms with Gasteiger partial charge in [-0.15, -0.1) is 0 Å². The molecule has 0 saturated carbocycles. The van der Waals surface area contributed by atoms with Crippen LogP contribution in [0, 0.1) is 11.3 Å². The van der Waals surface area contributed by atoms with E-state index in [4.69, 9.17) is 4.74 Å². The van der Waals surface area contributed by atoms with Gasteiger partial charge in [0.1, 0.15) is 0 Å². The van der Waals surface area contributed by atoms with Crippen LogP contribution >= 0.6 is 0 Å². The molecule has 0 radical (unpaired) electrons. The number of rotatable bonds is 4. The van der Waals surface area contributed by atoms with Gasteiger partial charge in [-0.1, -0.05) is 0 Å². The highest BCUT2D eigenvalue weighted by molar-refractivity contribution is 7.88. The normalized spacial score (nSPS) is 27.9. The summed E-state index contributed by atoms with van der Waals surface area (Å²) >= 11 is 0. The first-order valence-electron chi connectivity index (χ1n) is 6.98. The predicted octanol–water partition coefficient (Wildman–Crippen LogP) is -0.886. The van der Waals surface area contributed by atoms with Gasteiger partial charge in [0.05, 0.1) is 37.4 Å². The van der Waals surface area contributed by atoms with Crippen LogP contribution in [0.1, 0.15) is 10.4 Å². The third kappa shape index (κ3) is 2.96. The number of aromatic nitrogens is 2. The molecule has 1 amide bonds. The zero-order chi connectivity index (χ0) is 15.8. The van der Waals surface area contributed by atoms with E-state index in [1.54, 1.807) is 11.0 Å². The van der Waals surface area contributed by atoms with Crippen molar-refractivity contribution < 1.29 is 17.9 Å². The minimum absolute atomic E-state index is 0.108. The van der Waals surface area contributed by atoms with Gasteiger partial charge in [-0.3, -0.25) is 4.79 Å². The number of ether oxygens (including phenoxy) is 1. The van der Waals surface area contributed by atoms with Gasteiger partial charge in [-0.05, 0) is 6.07 Å². The van der Waals surface area contributed by atoms with E-state index in [0.29, 0.717) is 31.9 Å². The molecule has 2 atom stereocenters. The molecule has 120 valence electrons. The molecule has 1 N–H and O–H groups in total. The highest BCUT2D eigenvalue weighted by Gasteiger charge is 2.52. The summed E-state index contributed by atoms with van der Waals surface area (Å²) in [6, 6.07) is 1.63. The number of hydrogen-bond acceptors (Lipinski definition) is 6. The lowest BCUT2D eigenvalue weighted by Crippen LogP contribution is -2.43. The molecule has 2 fully saturated rings. The highest BCUT2D eigenvalue weighted by atomic mass is 32.2. The molecule has 2 aliphatic heterocycles. The summed E-state index contributed by atoms with van der Waals surface area (Å²) in [7, 11) is -3.27. The maximum Gasteiger partial charge on any atom is 0.255 e. The monoisotopic (exact) mass is 326 g/mol. The summed E-state index contributed by atoms with van der Waals surface area (Å²) in [4.78, 5) is 14.2. The first-order chi connectivity index (χ1) is 10.4. The molecule has 0 unspecified atom stereocenters. The van der Waals surface area contributed by atoms with E-state index in [2.05, 4.69) is 14.9 Å². The van der Waals surface area contributed by atoms with Crippen molar-refractivity contribution in [1.29, 1.82) is 0 Å². The Kier molecular flexibility index (Phi) is 3.87. The Bertz CT molecular complexity index is 666. The first-order valence-corrected chi connectivity index (χ1v) is 8.87. The number of carbonyl (C=O) groups excluding carboxylic acids is 1. The maximum absolute atomic E-state index is 12.5. The van der Waals surface area contributed by atoms with E-state index >= 15 is 0 Å². The fourth-order valence-corrected chi connectivity index (χ4v) is 3.66. The second-order valence-corrected chi connectivity index (χ2v) is 7.82. The van der Waals surface area contributed by atoms with E-state index < -0.39 is 10.0 Å². The number of hydrogen-bond donors (Lipinski definition) is 1. The number of sulfonamides is 1. The van der Waals surface area contributed by atoms with Crippen molar-refractivity contribution in [1.82, 2.24) is 19.8 Å². The number of fused-ring (bicyclic) bond motifs is 1. The SMILES string of the molecule is CS(=O)(=O)NC[C@]12COC[C@H]1CN(C(=O)c1ccnnc1)C2. The smallest absolute Gasteiger partial charge is 0.255 e. The number of amides is 1. The quantitative estimate of drug-likeness (QED) is 0.770. The van der Waals surface area contributed by atoms with Crippen molar-refractivity contribution in [2.24, 2.45) is 11.3 Å². The van der Waals surface area contributed by atoms with E-state index in [0.717, 1.165) is 6.26 Å². The average Bonchev–Trinajstić information content (AvgIpc) is 3.02. The lowest BCUT2D eigenvalue weighted by atomic mass is 9.81. The molecule has 22 heavy (non-hydrogen) atoms. The Morgan fingerprint density at radius 3 is 3.05 bits per heavy atom. The maximum atomic E-state index is 12.5. The van der Waals surface area contributed by atoms with Crippen molar-refractivity contribution in [3.05, 3.63) is 24.0 Å². The molecule has 1 aromatic rings. The van der Waals surface area contributed by atoms with Gasteiger partial charge in [-0.25, -0.2) is 13.1 Å². The number of likely N-dealkylation sites (tertiary alicyclic amines) is 1. The predicted molar refractivity (Wildman–Crippen MR) is 77.5 cm³/mol. The molecule has 0 aliphatic carbocycles. The van der Waals surface area contributed by atoms with Crippen molar-refractivity contribution in [2.45, 2.75) is 0 Å². The molecule has 2 saturated heterocycles. The highest BCUT2D eigenvalue weighted by Crippen LogP contribution is 2.41. The topological polar surface area (TPSA) is 101 Å². The third-order valence-electron chi connectivity index (χ3n) is 4.33. The Hall–Kier alpha value is -1.58. The summed E-state index contributed by atoms with van der Waals surface area (Å²) in [6.07, 6.45) is 4.05. The molecule has 9 heteroatoms. The van der Waals surface area contributed by atoms with E-state index in [1.807, 2.05) is 0 Å². The fraction of sp³-hybridized carbons (Fsp3) is 0.615. The summed E-state index contributed by atoms with van der Waals surface area (Å²) in [5, 5.41) is 7.39. The van der Waals surface area contributed by atoms with Gasteiger partial charge in [0.15, 0.2) is 0 Å². The van der Waals surface area contributed by atoms with Gasteiger partial charge in [0, 0.05) is 31.0 Å². The Balaban J connectivity index is 1.75. The molecule has 1 aromatic heterocycles. The molecule has 0 spiro atoms.